The Hall–Kier alpha value is -2.12. The van der Waals surface area contributed by atoms with Crippen molar-refractivity contribution in [1.29, 1.82) is 0 Å². The van der Waals surface area contributed by atoms with Gasteiger partial charge in [-0.3, -0.25) is 11.2 Å². The number of rotatable bonds is 4. The van der Waals surface area contributed by atoms with Crippen molar-refractivity contribution >= 4 is 17.7 Å². The lowest BCUT2D eigenvalue weighted by atomic mass is 10.2. The van der Waals surface area contributed by atoms with Crippen LogP contribution in [0.25, 0.3) is 0 Å². The Bertz CT molecular complexity index is 503. The van der Waals surface area contributed by atoms with Gasteiger partial charge in [-0.15, -0.1) is 0 Å². The summed E-state index contributed by atoms with van der Waals surface area (Å²) >= 11 is 0. The SMILES string of the molecule is CCOC(=O)c1ccc(NC(=O)OC2CCCN2N)cc1. The number of nitrogens with two attached hydrogens (primary N) is 1. The van der Waals surface area contributed by atoms with Crippen molar-refractivity contribution in [1.82, 2.24) is 5.01 Å². The predicted octanol–water partition coefficient (Wildman–Crippen LogP) is 1.71. The molecule has 1 aliphatic rings. The molecule has 1 atom stereocenters. The van der Waals surface area contributed by atoms with Crippen molar-refractivity contribution in [2.45, 2.75) is 26.0 Å². The van der Waals surface area contributed by atoms with E-state index >= 15 is 0 Å². The Balaban J connectivity index is 1.87. The second kappa shape index (κ2) is 7.05. The van der Waals surface area contributed by atoms with Crippen molar-refractivity contribution in [3.8, 4) is 0 Å². The molecule has 1 aliphatic heterocycles. The van der Waals surface area contributed by atoms with Crippen molar-refractivity contribution < 1.29 is 19.1 Å². The van der Waals surface area contributed by atoms with Crippen LogP contribution in [0, 0.1) is 0 Å². The number of nitrogens with zero attached hydrogens (tertiary/aromatic N) is 1. The summed E-state index contributed by atoms with van der Waals surface area (Å²) in [6.07, 6.45) is 0.680. The second-order valence-corrected chi connectivity index (χ2v) is 4.66. The molecule has 21 heavy (non-hydrogen) atoms. The first-order chi connectivity index (χ1) is 10.1. The van der Waals surface area contributed by atoms with Crippen LogP contribution in [-0.4, -0.2) is 36.5 Å². The molecule has 1 fully saturated rings. The highest BCUT2D eigenvalue weighted by molar-refractivity contribution is 5.91. The average Bonchev–Trinajstić information content (AvgIpc) is 2.85. The largest absolute Gasteiger partial charge is 0.462 e. The highest BCUT2D eigenvalue weighted by Crippen LogP contribution is 2.16. The molecule has 3 N–H and O–H groups in total. The first kappa shape index (κ1) is 15.3. The molecule has 0 radical (unpaired) electrons. The van der Waals surface area contributed by atoms with Crippen LogP contribution in [-0.2, 0) is 9.47 Å². The van der Waals surface area contributed by atoms with Gasteiger partial charge in [0.2, 0.25) is 0 Å². The lowest BCUT2D eigenvalue weighted by Crippen LogP contribution is -2.39. The molecule has 0 bridgehead atoms. The minimum atomic E-state index is -0.568. The van der Waals surface area contributed by atoms with E-state index in [4.69, 9.17) is 15.3 Å². The maximum absolute atomic E-state index is 11.7. The summed E-state index contributed by atoms with van der Waals surface area (Å²) in [4.78, 5) is 23.2. The molecule has 0 saturated carbocycles. The number of hydrogen-bond donors (Lipinski definition) is 2. The van der Waals surface area contributed by atoms with Gasteiger partial charge in [-0.2, -0.15) is 0 Å². The van der Waals surface area contributed by atoms with Crippen LogP contribution in [0.2, 0.25) is 0 Å². The Morgan fingerprint density at radius 3 is 2.67 bits per heavy atom. The molecular weight excluding hydrogens is 274 g/mol. The summed E-state index contributed by atoms with van der Waals surface area (Å²) in [6.45, 7) is 2.78. The fourth-order valence-electron chi connectivity index (χ4n) is 2.06. The number of benzene rings is 1. The van der Waals surface area contributed by atoms with Crippen molar-refractivity contribution in [2.24, 2.45) is 5.84 Å². The van der Waals surface area contributed by atoms with Gasteiger partial charge in [0.1, 0.15) is 0 Å². The number of ether oxygens (including phenoxy) is 2. The van der Waals surface area contributed by atoms with Gasteiger partial charge in [0.25, 0.3) is 0 Å². The zero-order valence-electron chi connectivity index (χ0n) is 11.9. The van der Waals surface area contributed by atoms with E-state index in [0.717, 1.165) is 12.8 Å². The van der Waals surface area contributed by atoms with E-state index in [0.29, 0.717) is 24.4 Å². The fraction of sp³-hybridized carbons (Fsp3) is 0.429. The van der Waals surface area contributed by atoms with Crippen molar-refractivity contribution in [2.75, 3.05) is 18.5 Å². The maximum Gasteiger partial charge on any atom is 0.413 e. The summed E-state index contributed by atoms with van der Waals surface area (Å²) in [5, 5.41) is 4.10. The van der Waals surface area contributed by atoms with Crippen LogP contribution in [0.15, 0.2) is 24.3 Å². The number of carbonyl (C=O) groups excluding carboxylic acids is 2. The van der Waals surface area contributed by atoms with E-state index in [9.17, 15) is 9.59 Å². The third-order valence-corrected chi connectivity index (χ3v) is 3.12. The van der Waals surface area contributed by atoms with Crippen LogP contribution in [0.4, 0.5) is 10.5 Å². The van der Waals surface area contributed by atoms with Crippen molar-refractivity contribution in [3.63, 3.8) is 0 Å². The molecule has 1 amide bonds. The number of hydrogen-bond acceptors (Lipinski definition) is 6. The van der Waals surface area contributed by atoms with Gasteiger partial charge in [0.05, 0.1) is 12.2 Å². The zero-order chi connectivity index (χ0) is 15.2. The van der Waals surface area contributed by atoms with E-state index < -0.39 is 12.1 Å². The molecule has 1 aromatic carbocycles. The van der Waals surface area contributed by atoms with Gasteiger partial charge in [0, 0.05) is 18.7 Å². The highest BCUT2D eigenvalue weighted by atomic mass is 16.6. The van der Waals surface area contributed by atoms with Crippen LogP contribution in [0.3, 0.4) is 0 Å². The lowest BCUT2D eigenvalue weighted by molar-refractivity contribution is 0.0203. The van der Waals surface area contributed by atoms with Crippen LogP contribution < -0.4 is 11.2 Å². The predicted molar refractivity (Wildman–Crippen MR) is 76.4 cm³/mol. The summed E-state index contributed by atoms with van der Waals surface area (Å²) in [5.41, 5.74) is 0.967. The fourth-order valence-corrected chi connectivity index (χ4v) is 2.06. The van der Waals surface area contributed by atoms with Crippen LogP contribution in [0.1, 0.15) is 30.1 Å². The maximum atomic E-state index is 11.7. The highest BCUT2D eigenvalue weighted by Gasteiger charge is 2.25. The number of esters is 1. The first-order valence-electron chi connectivity index (χ1n) is 6.86. The Labute approximate surface area is 123 Å². The first-order valence-corrected chi connectivity index (χ1v) is 6.86. The molecule has 1 heterocycles. The summed E-state index contributed by atoms with van der Waals surface area (Å²) in [5.74, 6) is 5.29. The third kappa shape index (κ3) is 4.17. The van der Waals surface area contributed by atoms with Crippen molar-refractivity contribution in [3.05, 3.63) is 29.8 Å². The van der Waals surface area contributed by atoms with Crippen LogP contribution in [0.5, 0.6) is 0 Å². The van der Waals surface area contributed by atoms with Gasteiger partial charge in [-0.05, 0) is 37.6 Å². The molecule has 1 aromatic rings. The number of amides is 1. The van der Waals surface area contributed by atoms with E-state index in [2.05, 4.69) is 5.32 Å². The molecule has 1 saturated heterocycles. The summed E-state index contributed by atoms with van der Waals surface area (Å²) in [7, 11) is 0. The molecule has 7 nitrogen and oxygen atoms in total. The summed E-state index contributed by atoms with van der Waals surface area (Å²) < 4.78 is 10.1. The smallest absolute Gasteiger partial charge is 0.413 e. The average molecular weight is 293 g/mol. The second-order valence-electron chi connectivity index (χ2n) is 4.66. The molecule has 7 heteroatoms. The summed E-state index contributed by atoms with van der Waals surface area (Å²) in [6, 6.07) is 6.39. The number of hydrazine groups is 1. The Kier molecular flexibility index (Phi) is 5.13. The monoisotopic (exact) mass is 293 g/mol. The van der Waals surface area contributed by atoms with Gasteiger partial charge < -0.3 is 9.47 Å². The minimum Gasteiger partial charge on any atom is -0.462 e. The molecular formula is C14H19N3O4. The molecule has 0 aliphatic carbocycles. The van der Waals surface area contributed by atoms with Gasteiger partial charge in [-0.25, -0.2) is 14.6 Å². The Morgan fingerprint density at radius 2 is 2.10 bits per heavy atom. The number of nitrogens with one attached hydrogen (secondary N) is 1. The van der Waals surface area contributed by atoms with E-state index in [1.165, 1.54) is 5.01 Å². The minimum absolute atomic E-state index is 0.322. The quantitative estimate of drug-likeness (QED) is 0.648. The van der Waals surface area contributed by atoms with E-state index in [-0.39, 0.29) is 6.23 Å². The van der Waals surface area contributed by atoms with Crippen LogP contribution >= 0.6 is 0 Å². The zero-order valence-corrected chi connectivity index (χ0v) is 11.9. The van der Waals surface area contributed by atoms with Gasteiger partial charge in [0.15, 0.2) is 6.23 Å². The topological polar surface area (TPSA) is 93.9 Å². The van der Waals surface area contributed by atoms with Gasteiger partial charge in [-0.1, -0.05) is 0 Å². The van der Waals surface area contributed by atoms with E-state index in [1.54, 1.807) is 31.2 Å². The normalized spacial score (nSPS) is 18.3. The number of anilines is 1. The third-order valence-electron chi connectivity index (χ3n) is 3.12. The molecule has 114 valence electrons. The standard InChI is InChI=1S/C14H19N3O4/c1-2-20-13(18)10-5-7-11(8-6-10)16-14(19)21-12-4-3-9-17(12)15/h5-8,12H,2-4,9,15H2,1H3,(H,16,19). The van der Waals surface area contributed by atoms with Gasteiger partial charge >= 0.3 is 12.1 Å². The molecule has 1 unspecified atom stereocenters. The molecule has 0 spiro atoms. The number of carbonyl (C=O) groups is 2. The Morgan fingerprint density at radius 1 is 1.38 bits per heavy atom. The molecule has 0 aromatic heterocycles. The lowest BCUT2D eigenvalue weighted by Gasteiger charge is -2.19. The van der Waals surface area contributed by atoms with E-state index in [1.807, 2.05) is 0 Å². The molecule has 2 rings (SSSR count).